The summed E-state index contributed by atoms with van der Waals surface area (Å²) in [6, 6.07) is 17.1. The Morgan fingerprint density at radius 1 is 0.925 bits per heavy atom. The molecule has 1 N–H and O–H groups in total. The first kappa shape index (κ1) is 31.1. The third-order valence-corrected chi connectivity index (χ3v) is 8.70. The largest absolute Gasteiger partial charge is 0.352 e. The van der Waals surface area contributed by atoms with E-state index in [1.165, 1.54) is 4.90 Å². The number of rotatable bonds is 12. The Morgan fingerprint density at radius 2 is 1.52 bits per heavy atom. The van der Waals surface area contributed by atoms with Gasteiger partial charge < -0.3 is 10.2 Å². The van der Waals surface area contributed by atoms with Gasteiger partial charge in [-0.05, 0) is 80.8 Å². The van der Waals surface area contributed by atoms with E-state index in [1.54, 1.807) is 55.5 Å². The fourth-order valence-electron chi connectivity index (χ4n) is 4.12. The molecule has 0 bridgehead atoms. The molecule has 0 aliphatic heterocycles. The highest BCUT2D eigenvalue weighted by molar-refractivity contribution is 7.92. The Bertz CT molecular complexity index is 1400. The van der Waals surface area contributed by atoms with Crippen molar-refractivity contribution in [3.8, 4) is 0 Å². The lowest BCUT2D eigenvalue weighted by atomic mass is 10.1. The summed E-state index contributed by atoms with van der Waals surface area (Å²) in [5.41, 5.74) is 1.91. The van der Waals surface area contributed by atoms with E-state index in [4.69, 9.17) is 11.6 Å². The molecule has 7 nitrogen and oxygen atoms in total. The average Bonchev–Trinajstić information content (AvgIpc) is 2.93. The topological polar surface area (TPSA) is 86.8 Å². The molecule has 214 valence electrons. The molecule has 0 aliphatic carbocycles. The zero-order valence-corrected chi connectivity index (χ0v) is 24.7. The highest BCUT2D eigenvalue weighted by Crippen LogP contribution is 2.25. The van der Waals surface area contributed by atoms with Crippen molar-refractivity contribution in [3.05, 3.63) is 94.8 Å². The Balaban J connectivity index is 2.04. The summed E-state index contributed by atoms with van der Waals surface area (Å²) in [5, 5.41) is 3.47. The second-order valence-corrected chi connectivity index (χ2v) is 12.0. The molecule has 0 fully saturated rings. The number of hydrogen-bond acceptors (Lipinski definition) is 4. The summed E-state index contributed by atoms with van der Waals surface area (Å²) in [4.78, 5) is 28.5. The number of carbonyl (C=O) groups is 2. The minimum atomic E-state index is -4.27. The van der Waals surface area contributed by atoms with Crippen LogP contribution in [-0.4, -0.2) is 43.8 Å². The van der Waals surface area contributed by atoms with Crippen molar-refractivity contribution in [1.29, 1.82) is 0 Å². The Morgan fingerprint density at radius 3 is 2.08 bits per heavy atom. The Kier molecular flexibility index (Phi) is 10.7. The van der Waals surface area contributed by atoms with Crippen molar-refractivity contribution in [2.45, 2.75) is 64.1 Å². The van der Waals surface area contributed by atoms with Crippen LogP contribution in [0.15, 0.2) is 77.7 Å². The highest BCUT2D eigenvalue weighted by atomic mass is 35.5. The molecule has 2 amide bonds. The van der Waals surface area contributed by atoms with Gasteiger partial charge in [0.25, 0.3) is 10.0 Å². The second kappa shape index (κ2) is 13.8. The molecule has 0 saturated heterocycles. The van der Waals surface area contributed by atoms with Crippen molar-refractivity contribution in [2.75, 3.05) is 10.8 Å². The lowest BCUT2D eigenvalue weighted by Gasteiger charge is -2.33. The van der Waals surface area contributed by atoms with E-state index in [0.717, 1.165) is 39.7 Å². The molecule has 0 spiro atoms. The average molecular weight is 588 g/mol. The van der Waals surface area contributed by atoms with Gasteiger partial charge in [-0.1, -0.05) is 55.3 Å². The van der Waals surface area contributed by atoms with Crippen LogP contribution in [0.3, 0.4) is 0 Å². The van der Waals surface area contributed by atoms with Crippen molar-refractivity contribution >= 4 is 39.1 Å². The van der Waals surface area contributed by atoms with Crippen LogP contribution in [0, 0.1) is 12.7 Å². The SMILES string of the molecule is CC[C@@H](C)NC(=O)[C@@H](CC)N(Cc1ccc(Cl)cc1)C(=O)CN(c1ccc(C)cc1)S(=O)(=O)c1ccc(F)cc1. The monoisotopic (exact) mass is 587 g/mol. The van der Waals surface area contributed by atoms with Gasteiger partial charge in [-0.15, -0.1) is 0 Å². The van der Waals surface area contributed by atoms with Crippen molar-refractivity contribution in [3.63, 3.8) is 0 Å². The molecule has 10 heteroatoms. The first-order chi connectivity index (χ1) is 19.0. The number of halogens is 2. The Labute approximate surface area is 241 Å². The zero-order valence-electron chi connectivity index (χ0n) is 23.1. The van der Waals surface area contributed by atoms with E-state index >= 15 is 0 Å². The van der Waals surface area contributed by atoms with Gasteiger partial charge in [-0.2, -0.15) is 0 Å². The number of benzene rings is 3. The molecule has 0 radical (unpaired) electrons. The van der Waals surface area contributed by atoms with Crippen LogP contribution in [0.4, 0.5) is 10.1 Å². The van der Waals surface area contributed by atoms with Crippen LogP contribution >= 0.6 is 11.6 Å². The summed E-state index contributed by atoms with van der Waals surface area (Å²) < 4.78 is 42.2. The maximum Gasteiger partial charge on any atom is 0.264 e. The van der Waals surface area contributed by atoms with Crippen LogP contribution in [0.5, 0.6) is 0 Å². The molecule has 0 unspecified atom stereocenters. The lowest BCUT2D eigenvalue weighted by molar-refractivity contribution is -0.140. The van der Waals surface area contributed by atoms with Crippen LogP contribution < -0.4 is 9.62 Å². The minimum absolute atomic E-state index is 0.0702. The standard InChI is InChI=1S/C30H35ClFN3O4S/c1-5-22(4)33-30(37)28(6-2)34(19-23-9-11-24(31)12-10-23)29(36)20-35(26-15-7-21(3)8-16-26)40(38,39)27-17-13-25(32)14-18-27/h7-18,22,28H,5-6,19-20H2,1-4H3,(H,33,37)/t22-,28-/m1/s1. The van der Waals surface area contributed by atoms with Crippen molar-refractivity contribution in [2.24, 2.45) is 0 Å². The van der Waals surface area contributed by atoms with E-state index in [2.05, 4.69) is 5.32 Å². The molecule has 3 aromatic carbocycles. The van der Waals surface area contributed by atoms with E-state index in [-0.39, 0.29) is 29.1 Å². The lowest BCUT2D eigenvalue weighted by Crippen LogP contribution is -2.53. The summed E-state index contributed by atoms with van der Waals surface area (Å²) in [5.74, 6) is -1.46. The summed E-state index contributed by atoms with van der Waals surface area (Å²) in [7, 11) is -4.27. The van der Waals surface area contributed by atoms with Gasteiger partial charge in [0.15, 0.2) is 0 Å². The number of anilines is 1. The fourth-order valence-corrected chi connectivity index (χ4v) is 5.66. The number of carbonyl (C=O) groups excluding carboxylic acids is 2. The van der Waals surface area contributed by atoms with E-state index in [0.29, 0.717) is 17.9 Å². The normalized spacial score (nSPS) is 12.8. The number of hydrogen-bond donors (Lipinski definition) is 1. The molecule has 0 aliphatic rings. The highest BCUT2D eigenvalue weighted by Gasteiger charge is 2.34. The van der Waals surface area contributed by atoms with Crippen LogP contribution in [0.1, 0.15) is 44.7 Å². The van der Waals surface area contributed by atoms with Gasteiger partial charge in [0.2, 0.25) is 11.8 Å². The summed E-state index contributed by atoms with van der Waals surface area (Å²) >= 11 is 6.05. The van der Waals surface area contributed by atoms with E-state index < -0.39 is 34.3 Å². The summed E-state index contributed by atoms with van der Waals surface area (Å²) in [6.45, 7) is 7.00. The quantitative estimate of drug-likeness (QED) is 0.294. The molecule has 3 rings (SSSR count). The van der Waals surface area contributed by atoms with E-state index in [1.807, 2.05) is 20.8 Å². The zero-order chi connectivity index (χ0) is 29.4. The smallest absolute Gasteiger partial charge is 0.264 e. The number of aryl methyl sites for hydroxylation is 1. The molecular weight excluding hydrogens is 553 g/mol. The van der Waals surface area contributed by atoms with Crippen LogP contribution in [-0.2, 0) is 26.2 Å². The van der Waals surface area contributed by atoms with Gasteiger partial charge in [0.05, 0.1) is 10.6 Å². The van der Waals surface area contributed by atoms with Gasteiger partial charge in [0.1, 0.15) is 18.4 Å². The van der Waals surface area contributed by atoms with Crippen molar-refractivity contribution in [1.82, 2.24) is 10.2 Å². The van der Waals surface area contributed by atoms with Crippen LogP contribution in [0.2, 0.25) is 5.02 Å². The molecule has 3 aromatic rings. The molecule has 2 atom stereocenters. The first-order valence-electron chi connectivity index (χ1n) is 13.2. The maximum atomic E-state index is 14.0. The second-order valence-electron chi connectivity index (χ2n) is 9.69. The number of amides is 2. The Hall–Kier alpha value is -3.43. The van der Waals surface area contributed by atoms with Gasteiger partial charge in [0, 0.05) is 17.6 Å². The predicted octanol–water partition coefficient (Wildman–Crippen LogP) is 5.70. The third kappa shape index (κ3) is 7.82. The van der Waals surface area contributed by atoms with Crippen LogP contribution in [0.25, 0.3) is 0 Å². The molecular formula is C30H35ClFN3O4S. The fraction of sp³-hybridized carbons (Fsp3) is 0.333. The van der Waals surface area contributed by atoms with Gasteiger partial charge in [-0.3, -0.25) is 13.9 Å². The molecule has 40 heavy (non-hydrogen) atoms. The summed E-state index contributed by atoms with van der Waals surface area (Å²) in [6.07, 6.45) is 1.03. The van der Waals surface area contributed by atoms with Gasteiger partial charge >= 0.3 is 0 Å². The number of nitrogens with zero attached hydrogens (tertiary/aromatic N) is 2. The predicted molar refractivity (Wildman–Crippen MR) is 156 cm³/mol. The minimum Gasteiger partial charge on any atom is -0.352 e. The molecule has 0 saturated carbocycles. The maximum absolute atomic E-state index is 14.0. The first-order valence-corrected chi connectivity index (χ1v) is 15.0. The number of nitrogens with one attached hydrogen (secondary N) is 1. The number of sulfonamides is 1. The van der Waals surface area contributed by atoms with Crippen molar-refractivity contribution < 1.29 is 22.4 Å². The molecule has 0 heterocycles. The third-order valence-electron chi connectivity index (χ3n) is 6.66. The molecule has 0 aromatic heterocycles. The van der Waals surface area contributed by atoms with E-state index in [9.17, 15) is 22.4 Å². The van der Waals surface area contributed by atoms with Gasteiger partial charge in [-0.25, -0.2) is 12.8 Å².